The van der Waals surface area contributed by atoms with Gasteiger partial charge in [-0.25, -0.2) is 4.98 Å². The van der Waals surface area contributed by atoms with E-state index in [0.717, 1.165) is 42.7 Å². The first-order valence-corrected chi connectivity index (χ1v) is 7.36. The normalized spacial score (nSPS) is 12.0. The zero-order valence-electron chi connectivity index (χ0n) is 12.6. The first-order chi connectivity index (χ1) is 9.02. The van der Waals surface area contributed by atoms with Crippen LogP contribution in [0, 0.1) is 13.8 Å². The summed E-state index contributed by atoms with van der Waals surface area (Å²) in [5.41, 5.74) is 1.12. The van der Waals surface area contributed by atoms with Crippen LogP contribution < -0.4 is 10.6 Å². The molecule has 1 heterocycles. The van der Waals surface area contributed by atoms with Crippen LogP contribution in [0.4, 0.5) is 0 Å². The van der Waals surface area contributed by atoms with Crippen LogP contribution in [0.15, 0.2) is 4.99 Å². The van der Waals surface area contributed by atoms with Gasteiger partial charge in [0.05, 0.1) is 12.2 Å². The van der Waals surface area contributed by atoms with E-state index in [4.69, 9.17) is 0 Å². The van der Waals surface area contributed by atoms with Gasteiger partial charge in [-0.2, -0.15) is 0 Å². The van der Waals surface area contributed by atoms with Crippen molar-refractivity contribution in [3.05, 3.63) is 15.6 Å². The fourth-order valence-electron chi connectivity index (χ4n) is 1.60. The first-order valence-electron chi connectivity index (χ1n) is 6.55. The number of nitrogens with zero attached hydrogens (tertiary/aromatic N) is 3. The topological polar surface area (TPSA) is 52.6 Å². The molecule has 0 saturated heterocycles. The van der Waals surface area contributed by atoms with Crippen LogP contribution in [0.25, 0.3) is 0 Å². The average molecular weight is 283 g/mol. The van der Waals surface area contributed by atoms with E-state index in [9.17, 15) is 0 Å². The summed E-state index contributed by atoms with van der Waals surface area (Å²) in [6.45, 7) is 6.88. The van der Waals surface area contributed by atoms with Gasteiger partial charge in [-0.1, -0.05) is 0 Å². The van der Waals surface area contributed by atoms with Crippen molar-refractivity contribution < 1.29 is 0 Å². The Morgan fingerprint density at radius 1 is 1.32 bits per heavy atom. The molecule has 2 N–H and O–H groups in total. The molecule has 0 aliphatic rings. The summed E-state index contributed by atoms with van der Waals surface area (Å²) in [6, 6.07) is 0. The molecule has 0 bridgehead atoms. The van der Waals surface area contributed by atoms with E-state index < -0.39 is 0 Å². The van der Waals surface area contributed by atoms with Crippen LogP contribution >= 0.6 is 11.3 Å². The Labute approximate surface area is 120 Å². The maximum atomic E-state index is 4.50. The van der Waals surface area contributed by atoms with E-state index in [1.54, 1.807) is 18.4 Å². The molecule has 0 aromatic carbocycles. The van der Waals surface area contributed by atoms with Crippen molar-refractivity contribution in [1.82, 2.24) is 20.5 Å². The molecule has 0 radical (unpaired) electrons. The fraction of sp³-hybridized carbons (Fsp3) is 0.692. The number of aryl methyl sites for hydroxylation is 2. The molecule has 0 unspecified atom stereocenters. The van der Waals surface area contributed by atoms with E-state index in [2.05, 4.69) is 46.5 Å². The molecular formula is C13H25N5S. The molecule has 1 aromatic rings. The Kier molecular flexibility index (Phi) is 6.80. The van der Waals surface area contributed by atoms with Crippen molar-refractivity contribution >= 4 is 17.3 Å². The Balaban J connectivity index is 2.29. The zero-order valence-corrected chi connectivity index (χ0v) is 13.4. The highest BCUT2D eigenvalue weighted by atomic mass is 32.1. The van der Waals surface area contributed by atoms with E-state index in [1.807, 2.05) is 6.92 Å². The Morgan fingerprint density at radius 2 is 2.05 bits per heavy atom. The molecule has 0 aliphatic heterocycles. The third-order valence-corrected chi connectivity index (χ3v) is 3.85. The highest BCUT2D eigenvalue weighted by molar-refractivity contribution is 7.11. The quantitative estimate of drug-likeness (QED) is 0.470. The lowest BCUT2D eigenvalue weighted by atomic mass is 10.4. The Morgan fingerprint density at radius 3 is 2.58 bits per heavy atom. The Hall–Kier alpha value is -1.14. The molecule has 1 rings (SSSR count). The van der Waals surface area contributed by atoms with E-state index in [1.165, 1.54) is 4.88 Å². The number of rotatable bonds is 6. The Bertz CT molecular complexity index is 392. The van der Waals surface area contributed by atoms with Crippen molar-refractivity contribution in [1.29, 1.82) is 0 Å². The average Bonchev–Trinajstić information content (AvgIpc) is 2.67. The van der Waals surface area contributed by atoms with Crippen molar-refractivity contribution in [2.75, 3.05) is 34.2 Å². The lowest BCUT2D eigenvalue weighted by Gasteiger charge is -2.12. The van der Waals surface area contributed by atoms with Gasteiger partial charge < -0.3 is 15.5 Å². The number of aromatic nitrogens is 1. The molecule has 6 heteroatoms. The lowest BCUT2D eigenvalue weighted by Crippen LogP contribution is -2.38. The third kappa shape index (κ3) is 6.02. The second kappa shape index (κ2) is 8.12. The maximum Gasteiger partial charge on any atom is 0.191 e. The minimum Gasteiger partial charge on any atom is -0.356 e. The van der Waals surface area contributed by atoms with Gasteiger partial charge in [0.15, 0.2) is 5.96 Å². The van der Waals surface area contributed by atoms with Crippen molar-refractivity contribution in [2.45, 2.75) is 26.8 Å². The van der Waals surface area contributed by atoms with Crippen molar-refractivity contribution in [2.24, 2.45) is 4.99 Å². The fourth-order valence-corrected chi connectivity index (χ4v) is 2.47. The number of guanidine groups is 1. The van der Waals surface area contributed by atoms with E-state index >= 15 is 0 Å². The molecule has 0 atom stereocenters. The SMILES string of the molecule is CN=C(NCCCN(C)C)NCc1nc(C)c(C)s1. The highest BCUT2D eigenvalue weighted by Gasteiger charge is 2.04. The number of nitrogens with one attached hydrogen (secondary N) is 2. The molecule has 19 heavy (non-hydrogen) atoms. The van der Waals surface area contributed by atoms with Crippen LogP contribution in [-0.4, -0.2) is 50.1 Å². The molecule has 1 aromatic heterocycles. The van der Waals surface area contributed by atoms with Gasteiger partial charge in [-0.05, 0) is 40.9 Å². The number of hydrogen-bond donors (Lipinski definition) is 2. The van der Waals surface area contributed by atoms with E-state index in [0.29, 0.717) is 0 Å². The van der Waals surface area contributed by atoms with E-state index in [-0.39, 0.29) is 0 Å². The van der Waals surface area contributed by atoms with Gasteiger partial charge in [0.25, 0.3) is 0 Å². The van der Waals surface area contributed by atoms with Crippen LogP contribution in [0.2, 0.25) is 0 Å². The van der Waals surface area contributed by atoms with Crippen LogP contribution in [-0.2, 0) is 6.54 Å². The minimum absolute atomic E-state index is 0.729. The summed E-state index contributed by atoms with van der Waals surface area (Å²) in [6.07, 6.45) is 1.10. The standard InChI is InChI=1S/C13H25N5S/c1-10-11(2)19-12(17-10)9-16-13(14-3)15-7-6-8-18(4)5/h6-9H2,1-5H3,(H2,14,15,16). The predicted molar refractivity (Wildman–Crippen MR) is 83.0 cm³/mol. The molecule has 108 valence electrons. The molecule has 0 amide bonds. The summed E-state index contributed by atoms with van der Waals surface area (Å²) < 4.78 is 0. The molecule has 0 spiro atoms. The van der Waals surface area contributed by atoms with Gasteiger partial charge in [0, 0.05) is 18.5 Å². The monoisotopic (exact) mass is 283 g/mol. The summed E-state index contributed by atoms with van der Waals surface area (Å²) >= 11 is 1.74. The van der Waals surface area contributed by atoms with Gasteiger partial charge >= 0.3 is 0 Å². The summed E-state index contributed by atoms with van der Waals surface area (Å²) in [5.74, 6) is 0.837. The van der Waals surface area contributed by atoms with Crippen molar-refractivity contribution in [3.63, 3.8) is 0 Å². The second-order valence-corrected chi connectivity index (χ2v) is 6.05. The molecule has 5 nitrogen and oxygen atoms in total. The summed E-state index contributed by atoms with van der Waals surface area (Å²) in [7, 11) is 5.96. The molecule has 0 aliphatic carbocycles. The number of hydrogen-bond acceptors (Lipinski definition) is 4. The minimum atomic E-state index is 0.729. The van der Waals surface area contributed by atoms with Crippen LogP contribution in [0.5, 0.6) is 0 Å². The second-order valence-electron chi connectivity index (χ2n) is 4.76. The molecule has 0 saturated carbocycles. The van der Waals surface area contributed by atoms with Gasteiger partial charge in [-0.15, -0.1) is 11.3 Å². The lowest BCUT2D eigenvalue weighted by molar-refractivity contribution is 0.399. The maximum absolute atomic E-state index is 4.50. The van der Waals surface area contributed by atoms with Gasteiger partial charge in [-0.3, -0.25) is 4.99 Å². The van der Waals surface area contributed by atoms with Crippen molar-refractivity contribution in [3.8, 4) is 0 Å². The third-order valence-electron chi connectivity index (χ3n) is 2.78. The largest absolute Gasteiger partial charge is 0.356 e. The zero-order chi connectivity index (χ0) is 14.3. The number of aliphatic imine (C=N–C) groups is 1. The first kappa shape index (κ1) is 15.9. The van der Waals surface area contributed by atoms with Crippen LogP contribution in [0.3, 0.4) is 0 Å². The number of thiazole rings is 1. The smallest absolute Gasteiger partial charge is 0.191 e. The van der Waals surface area contributed by atoms with Crippen LogP contribution in [0.1, 0.15) is 22.0 Å². The molecular weight excluding hydrogens is 258 g/mol. The summed E-state index contributed by atoms with van der Waals surface area (Å²) in [5, 5.41) is 7.70. The van der Waals surface area contributed by atoms with Gasteiger partial charge in [0.2, 0.25) is 0 Å². The predicted octanol–water partition coefficient (Wildman–Crippen LogP) is 1.38. The highest BCUT2D eigenvalue weighted by Crippen LogP contribution is 2.15. The summed E-state index contributed by atoms with van der Waals surface area (Å²) in [4.78, 5) is 12.2. The molecule has 0 fully saturated rings. The van der Waals surface area contributed by atoms with Gasteiger partial charge in [0.1, 0.15) is 5.01 Å².